The van der Waals surface area contributed by atoms with E-state index in [2.05, 4.69) is 10.3 Å². The van der Waals surface area contributed by atoms with Crippen molar-refractivity contribution in [1.82, 2.24) is 10.3 Å². The third-order valence-corrected chi connectivity index (χ3v) is 3.78. The van der Waals surface area contributed by atoms with Crippen LogP contribution in [0.4, 0.5) is 0 Å². The molecule has 0 aliphatic rings. The minimum absolute atomic E-state index is 0.143. The Morgan fingerprint density at radius 2 is 2.22 bits per heavy atom. The predicted octanol–water partition coefficient (Wildman–Crippen LogP) is 2.38. The Hall–Kier alpha value is -0.940. The van der Waals surface area contributed by atoms with Crippen LogP contribution in [0.1, 0.15) is 37.4 Å². The summed E-state index contributed by atoms with van der Waals surface area (Å²) in [5.41, 5.74) is 1.02. The molecule has 0 radical (unpaired) electrons. The van der Waals surface area contributed by atoms with Crippen molar-refractivity contribution in [3.63, 3.8) is 0 Å². The van der Waals surface area contributed by atoms with Crippen molar-refractivity contribution in [3.05, 3.63) is 16.1 Å². The van der Waals surface area contributed by atoms with Crippen molar-refractivity contribution >= 4 is 17.2 Å². The van der Waals surface area contributed by atoms with Gasteiger partial charge in [0.2, 0.25) is 5.91 Å². The average molecular weight is 270 g/mol. The second-order valence-corrected chi connectivity index (χ2v) is 5.16. The molecule has 1 heterocycles. The van der Waals surface area contributed by atoms with E-state index in [-0.39, 0.29) is 11.8 Å². The minimum atomic E-state index is 0.143. The van der Waals surface area contributed by atoms with Gasteiger partial charge >= 0.3 is 0 Å². The Bertz CT molecular complexity index is 362. The first-order valence-electron chi connectivity index (χ1n) is 6.41. The van der Waals surface area contributed by atoms with E-state index in [4.69, 9.17) is 4.74 Å². The molecule has 4 nitrogen and oxygen atoms in total. The molecule has 0 aromatic carbocycles. The van der Waals surface area contributed by atoms with Crippen LogP contribution >= 0.6 is 11.3 Å². The molecule has 1 amide bonds. The van der Waals surface area contributed by atoms with E-state index in [0.717, 1.165) is 30.0 Å². The highest BCUT2D eigenvalue weighted by molar-refractivity contribution is 7.09. The molecule has 18 heavy (non-hydrogen) atoms. The normalized spacial score (nSPS) is 10.9. The summed E-state index contributed by atoms with van der Waals surface area (Å²) in [7, 11) is 1.66. The number of aromatic nitrogens is 1. The van der Waals surface area contributed by atoms with Gasteiger partial charge in [0.1, 0.15) is 5.01 Å². The van der Waals surface area contributed by atoms with Crippen molar-refractivity contribution in [2.45, 2.75) is 39.7 Å². The highest BCUT2D eigenvalue weighted by Crippen LogP contribution is 2.11. The highest BCUT2D eigenvalue weighted by Gasteiger charge is 2.13. The van der Waals surface area contributed by atoms with Crippen LogP contribution in [0.2, 0.25) is 0 Å². The number of rotatable bonds is 8. The van der Waals surface area contributed by atoms with Crippen molar-refractivity contribution in [2.24, 2.45) is 5.92 Å². The fraction of sp³-hybridized carbons (Fsp3) is 0.692. The molecule has 0 unspecified atom stereocenters. The highest BCUT2D eigenvalue weighted by atomic mass is 32.1. The summed E-state index contributed by atoms with van der Waals surface area (Å²) in [4.78, 5) is 16.2. The summed E-state index contributed by atoms with van der Waals surface area (Å²) in [6.45, 7) is 5.31. The van der Waals surface area contributed by atoms with Gasteiger partial charge in [0.15, 0.2) is 0 Å². The first kappa shape index (κ1) is 15.1. The monoisotopic (exact) mass is 270 g/mol. The van der Waals surface area contributed by atoms with Crippen molar-refractivity contribution < 1.29 is 9.53 Å². The summed E-state index contributed by atoms with van der Waals surface area (Å²) < 4.78 is 5.02. The number of nitrogens with zero attached hydrogens (tertiary/aromatic N) is 1. The molecule has 0 fully saturated rings. The predicted molar refractivity (Wildman–Crippen MR) is 73.6 cm³/mol. The van der Waals surface area contributed by atoms with Crippen LogP contribution in [0.15, 0.2) is 5.38 Å². The van der Waals surface area contributed by atoms with Crippen LogP contribution in [-0.2, 0) is 22.6 Å². The first-order valence-corrected chi connectivity index (χ1v) is 7.29. The molecule has 0 saturated carbocycles. The zero-order valence-corrected chi connectivity index (χ0v) is 12.2. The van der Waals surface area contributed by atoms with Crippen LogP contribution in [-0.4, -0.2) is 24.5 Å². The largest absolute Gasteiger partial charge is 0.378 e. The van der Waals surface area contributed by atoms with Crippen molar-refractivity contribution in [3.8, 4) is 0 Å². The number of thiazole rings is 1. The number of carbonyl (C=O) groups is 1. The van der Waals surface area contributed by atoms with Gasteiger partial charge in [0, 0.05) is 31.4 Å². The molecule has 1 aromatic rings. The summed E-state index contributed by atoms with van der Waals surface area (Å²) in [5, 5.41) is 5.98. The molecule has 0 atom stereocenters. The van der Waals surface area contributed by atoms with E-state index < -0.39 is 0 Å². The fourth-order valence-electron chi connectivity index (χ4n) is 1.77. The Balaban J connectivity index is 2.30. The number of ether oxygens (including phenoxy) is 1. The number of hydrogen-bond donors (Lipinski definition) is 1. The number of hydrogen-bond acceptors (Lipinski definition) is 4. The van der Waals surface area contributed by atoms with Crippen molar-refractivity contribution in [1.29, 1.82) is 0 Å². The number of nitrogens with one attached hydrogen (secondary N) is 1. The fourth-order valence-corrected chi connectivity index (χ4v) is 2.57. The van der Waals surface area contributed by atoms with Crippen LogP contribution in [0.5, 0.6) is 0 Å². The van der Waals surface area contributed by atoms with Crippen LogP contribution in [0.3, 0.4) is 0 Å². The zero-order valence-electron chi connectivity index (χ0n) is 11.4. The lowest BCUT2D eigenvalue weighted by atomic mass is 10.0. The molecule has 1 aromatic heterocycles. The molecular formula is C13H22N2O2S. The molecule has 1 rings (SSSR count). The van der Waals surface area contributed by atoms with E-state index in [9.17, 15) is 4.79 Å². The van der Waals surface area contributed by atoms with Gasteiger partial charge in [-0.15, -0.1) is 11.3 Å². The molecule has 5 heteroatoms. The maximum atomic E-state index is 11.8. The molecule has 0 aliphatic heterocycles. The van der Waals surface area contributed by atoms with Gasteiger partial charge in [-0.3, -0.25) is 4.79 Å². The van der Waals surface area contributed by atoms with Crippen LogP contribution in [0.25, 0.3) is 0 Å². The molecule has 0 saturated heterocycles. The molecule has 0 spiro atoms. The lowest BCUT2D eigenvalue weighted by Crippen LogP contribution is -2.31. The van der Waals surface area contributed by atoms with E-state index in [1.807, 2.05) is 19.2 Å². The van der Waals surface area contributed by atoms with Crippen LogP contribution in [0, 0.1) is 5.92 Å². The Morgan fingerprint density at radius 3 is 2.83 bits per heavy atom. The van der Waals surface area contributed by atoms with Crippen LogP contribution < -0.4 is 5.32 Å². The second kappa shape index (κ2) is 8.21. The van der Waals surface area contributed by atoms with E-state index >= 15 is 0 Å². The number of carbonyl (C=O) groups excluding carboxylic acids is 1. The smallest absolute Gasteiger partial charge is 0.223 e. The first-order chi connectivity index (χ1) is 8.71. The maximum Gasteiger partial charge on any atom is 0.223 e. The average Bonchev–Trinajstić information content (AvgIpc) is 2.79. The third-order valence-electron chi connectivity index (χ3n) is 2.90. The van der Waals surface area contributed by atoms with Gasteiger partial charge in [0.25, 0.3) is 0 Å². The summed E-state index contributed by atoms with van der Waals surface area (Å²) in [6.07, 6.45) is 2.58. The van der Waals surface area contributed by atoms with Gasteiger partial charge in [-0.1, -0.05) is 13.8 Å². The standard InChI is InChI=1S/C13H22N2O2S/c1-4-10(5-2)13(16)14-7-6-11-9-18-12(15-11)8-17-3/h9-10H,4-8H2,1-3H3,(H,14,16). The van der Waals surface area contributed by atoms with Gasteiger partial charge in [-0.05, 0) is 12.8 Å². The van der Waals surface area contributed by atoms with Gasteiger partial charge in [-0.2, -0.15) is 0 Å². The second-order valence-electron chi connectivity index (χ2n) is 4.22. The van der Waals surface area contributed by atoms with E-state index in [1.54, 1.807) is 18.4 Å². The quantitative estimate of drug-likeness (QED) is 0.789. The lowest BCUT2D eigenvalue weighted by Gasteiger charge is -2.11. The van der Waals surface area contributed by atoms with Crippen molar-refractivity contribution in [2.75, 3.05) is 13.7 Å². The summed E-state index contributed by atoms with van der Waals surface area (Å²) in [6, 6.07) is 0. The SMILES string of the molecule is CCC(CC)C(=O)NCCc1csc(COC)n1. The van der Waals surface area contributed by atoms with Gasteiger partial charge in [-0.25, -0.2) is 4.98 Å². The Morgan fingerprint density at radius 1 is 1.50 bits per heavy atom. The molecule has 102 valence electrons. The Labute approximate surface area is 113 Å². The van der Waals surface area contributed by atoms with E-state index in [0.29, 0.717) is 13.2 Å². The topological polar surface area (TPSA) is 51.2 Å². The molecule has 0 aliphatic carbocycles. The molecular weight excluding hydrogens is 248 g/mol. The maximum absolute atomic E-state index is 11.8. The summed E-state index contributed by atoms with van der Waals surface area (Å²) in [5.74, 6) is 0.303. The Kier molecular flexibility index (Phi) is 6.90. The molecule has 0 bridgehead atoms. The lowest BCUT2D eigenvalue weighted by molar-refractivity contribution is -0.125. The zero-order chi connectivity index (χ0) is 13.4. The minimum Gasteiger partial charge on any atom is -0.378 e. The molecule has 1 N–H and O–H groups in total. The third kappa shape index (κ3) is 4.74. The number of amides is 1. The van der Waals surface area contributed by atoms with Gasteiger partial charge in [0.05, 0.1) is 12.3 Å². The number of methoxy groups -OCH3 is 1. The van der Waals surface area contributed by atoms with E-state index in [1.165, 1.54) is 0 Å². The summed E-state index contributed by atoms with van der Waals surface area (Å²) >= 11 is 1.60. The van der Waals surface area contributed by atoms with Gasteiger partial charge < -0.3 is 10.1 Å².